The number of nitriles is 1. The van der Waals surface area contributed by atoms with Crippen LogP contribution in [-0.4, -0.2) is 23.0 Å². The summed E-state index contributed by atoms with van der Waals surface area (Å²) in [6, 6.07) is 11.5. The number of H-pyrrole nitrogens is 1. The van der Waals surface area contributed by atoms with Crippen LogP contribution in [0.4, 0.5) is 0 Å². The number of para-hydroxylation sites is 1. The lowest BCUT2D eigenvalue weighted by Gasteiger charge is -2.48. The normalized spacial score (nSPS) is 28.9. The van der Waals surface area contributed by atoms with Crippen molar-refractivity contribution in [3.05, 3.63) is 35.5 Å². The van der Waals surface area contributed by atoms with Crippen molar-refractivity contribution in [2.45, 2.75) is 38.6 Å². The number of hydrogen-bond donors (Lipinski definition) is 1. The molecule has 2 aliphatic heterocycles. The van der Waals surface area contributed by atoms with Gasteiger partial charge in [0.05, 0.1) is 17.5 Å². The smallest absolute Gasteiger partial charge is 0.0782 e. The molecule has 1 fully saturated rings. The Bertz CT molecular complexity index is 724. The third-order valence-electron chi connectivity index (χ3n) is 5.58. The summed E-state index contributed by atoms with van der Waals surface area (Å²) in [7, 11) is 0. The standard InChI is InChI=1S/C18H21N3/c1-2-18(12-19)9-5-10-21-11-8-14-13-6-3-4-7-15(13)20-16(14)17(18)21/h3-4,6-7,17,20H,2,5,8-11H2,1H3/t17-,18-/m0/s1. The lowest BCUT2D eigenvalue weighted by molar-refractivity contribution is 0.0365. The summed E-state index contributed by atoms with van der Waals surface area (Å²) in [5, 5.41) is 11.2. The summed E-state index contributed by atoms with van der Waals surface area (Å²) in [5.74, 6) is 0. The van der Waals surface area contributed by atoms with Crippen molar-refractivity contribution in [1.29, 1.82) is 5.26 Å². The molecular formula is C18H21N3. The van der Waals surface area contributed by atoms with Crippen LogP contribution in [0.3, 0.4) is 0 Å². The highest BCUT2D eigenvalue weighted by Crippen LogP contribution is 2.50. The first-order chi connectivity index (χ1) is 10.3. The second kappa shape index (κ2) is 4.61. The number of fused-ring (bicyclic) bond motifs is 5. The summed E-state index contributed by atoms with van der Waals surface area (Å²) in [6.07, 6.45) is 4.20. The largest absolute Gasteiger partial charge is 0.357 e. The second-order valence-corrected chi connectivity index (χ2v) is 6.48. The van der Waals surface area contributed by atoms with Gasteiger partial charge in [-0.25, -0.2) is 0 Å². The van der Waals surface area contributed by atoms with E-state index in [2.05, 4.69) is 47.1 Å². The highest BCUT2D eigenvalue weighted by molar-refractivity contribution is 5.85. The monoisotopic (exact) mass is 279 g/mol. The number of nitrogens with one attached hydrogen (secondary N) is 1. The van der Waals surface area contributed by atoms with Gasteiger partial charge in [0.2, 0.25) is 0 Å². The molecule has 3 heteroatoms. The van der Waals surface area contributed by atoms with Gasteiger partial charge in [0.25, 0.3) is 0 Å². The fraction of sp³-hybridized carbons (Fsp3) is 0.500. The van der Waals surface area contributed by atoms with E-state index in [1.54, 1.807) is 0 Å². The van der Waals surface area contributed by atoms with Gasteiger partial charge < -0.3 is 4.98 Å². The Balaban J connectivity index is 1.93. The van der Waals surface area contributed by atoms with Gasteiger partial charge in [0.1, 0.15) is 0 Å². The summed E-state index contributed by atoms with van der Waals surface area (Å²) < 4.78 is 0. The van der Waals surface area contributed by atoms with E-state index in [0.29, 0.717) is 0 Å². The third-order valence-corrected chi connectivity index (χ3v) is 5.58. The van der Waals surface area contributed by atoms with Gasteiger partial charge in [-0.2, -0.15) is 5.26 Å². The fourth-order valence-electron chi connectivity index (χ4n) is 4.46. The Kier molecular flexibility index (Phi) is 2.83. The minimum Gasteiger partial charge on any atom is -0.357 e. The van der Waals surface area contributed by atoms with Crippen LogP contribution in [0.5, 0.6) is 0 Å². The predicted octanol–water partition coefficient (Wildman–Crippen LogP) is 3.78. The van der Waals surface area contributed by atoms with E-state index in [9.17, 15) is 5.26 Å². The molecular weight excluding hydrogens is 258 g/mol. The molecule has 1 aromatic carbocycles. The van der Waals surface area contributed by atoms with Crippen molar-refractivity contribution in [2.24, 2.45) is 5.41 Å². The number of aromatic nitrogens is 1. The molecule has 0 aliphatic carbocycles. The maximum atomic E-state index is 9.89. The molecule has 1 aromatic heterocycles. The molecule has 21 heavy (non-hydrogen) atoms. The quantitative estimate of drug-likeness (QED) is 0.863. The molecule has 1 N–H and O–H groups in total. The van der Waals surface area contributed by atoms with Gasteiger partial charge in [-0.1, -0.05) is 25.1 Å². The number of aromatic amines is 1. The molecule has 2 aliphatic rings. The zero-order valence-corrected chi connectivity index (χ0v) is 12.5. The number of nitrogens with zero attached hydrogens (tertiary/aromatic N) is 2. The van der Waals surface area contributed by atoms with Gasteiger partial charge in [-0.05, 0) is 43.9 Å². The summed E-state index contributed by atoms with van der Waals surface area (Å²) in [4.78, 5) is 6.18. The van der Waals surface area contributed by atoms with Crippen LogP contribution in [0.2, 0.25) is 0 Å². The molecule has 3 heterocycles. The average molecular weight is 279 g/mol. The van der Waals surface area contributed by atoms with Crippen LogP contribution in [0, 0.1) is 16.7 Å². The lowest BCUT2D eigenvalue weighted by Crippen LogP contribution is -2.48. The van der Waals surface area contributed by atoms with Crippen molar-refractivity contribution in [3.8, 4) is 6.07 Å². The molecule has 0 unspecified atom stereocenters. The van der Waals surface area contributed by atoms with E-state index in [1.807, 2.05) is 0 Å². The second-order valence-electron chi connectivity index (χ2n) is 6.48. The maximum absolute atomic E-state index is 9.89. The van der Waals surface area contributed by atoms with Crippen molar-refractivity contribution in [1.82, 2.24) is 9.88 Å². The highest BCUT2D eigenvalue weighted by atomic mass is 15.2. The summed E-state index contributed by atoms with van der Waals surface area (Å²) in [5.41, 5.74) is 3.75. The van der Waals surface area contributed by atoms with Gasteiger partial charge >= 0.3 is 0 Å². The van der Waals surface area contributed by atoms with E-state index in [0.717, 1.165) is 38.8 Å². The molecule has 0 saturated carbocycles. The van der Waals surface area contributed by atoms with Crippen LogP contribution >= 0.6 is 0 Å². The maximum Gasteiger partial charge on any atom is 0.0782 e. The first-order valence-corrected chi connectivity index (χ1v) is 8.04. The first kappa shape index (κ1) is 12.9. The SMILES string of the molecule is CC[C@@]1(C#N)CCCN2CCc3c([nH]c4ccccc34)[C@H]21. The molecule has 0 amide bonds. The van der Waals surface area contributed by atoms with E-state index in [-0.39, 0.29) is 11.5 Å². The van der Waals surface area contributed by atoms with E-state index in [4.69, 9.17) is 0 Å². The summed E-state index contributed by atoms with van der Waals surface area (Å²) >= 11 is 0. The van der Waals surface area contributed by atoms with Crippen molar-refractivity contribution < 1.29 is 0 Å². The molecule has 3 nitrogen and oxygen atoms in total. The zero-order valence-electron chi connectivity index (χ0n) is 12.5. The molecule has 0 radical (unpaired) electrons. The third kappa shape index (κ3) is 1.69. The van der Waals surface area contributed by atoms with Gasteiger partial charge in [-0.15, -0.1) is 0 Å². The number of benzene rings is 1. The molecule has 0 bridgehead atoms. The van der Waals surface area contributed by atoms with Gasteiger partial charge in [0, 0.05) is 23.1 Å². The van der Waals surface area contributed by atoms with Gasteiger partial charge in [0.15, 0.2) is 0 Å². The number of piperidine rings is 1. The van der Waals surface area contributed by atoms with E-state index < -0.39 is 0 Å². The van der Waals surface area contributed by atoms with Crippen molar-refractivity contribution >= 4 is 10.9 Å². The Labute approximate surface area is 125 Å². The minimum absolute atomic E-state index is 0.228. The Morgan fingerprint density at radius 1 is 1.38 bits per heavy atom. The van der Waals surface area contributed by atoms with E-state index in [1.165, 1.54) is 22.2 Å². The Hall–Kier alpha value is -1.79. The minimum atomic E-state index is -0.228. The van der Waals surface area contributed by atoms with E-state index >= 15 is 0 Å². The van der Waals surface area contributed by atoms with Crippen LogP contribution in [0.25, 0.3) is 10.9 Å². The topological polar surface area (TPSA) is 42.8 Å². The molecule has 2 atom stereocenters. The summed E-state index contributed by atoms with van der Waals surface area (Å²) in [6.45, 7) is 4.38. The van der Waals surface area contributed by atoms with Crippen LogP contribution < -0.4 is 0 Å². The molecule has 1 saturated heterocycles. The van der Waals surface area contributed by atoms with Gasteiger partial charge in [-0.3, -0.25) is 4.90 Å². The predicted molar refractivity (Wildman–Crippen MR) is 83.9 cm³/mol. The zero-order chi connectivity index (χ0) is 14.4. The Morgan fingerprint density at radius 3 is 3.05 bits per heavy atom. The Morgan fingerprint density at radius 2 is 2.24 bits per heavy atom. The number of hydrogen-bond acceptors (Lipinski definition) is 2. The van der Waals surface area contributed by atoms with Crippen LogP contribution in [0.1, 0.15) is 43.5 Å². The van der Waals surface area contributed by atoms with Crippen molar-refractivity contribution in [3.63, 3.8) is 0 Å². The average Bonchev–Trinajstić information content (AvgIpc) is 2.92. The first-order valence-electron chi connectivity index (χ1n) is 8.04. The lowest BCUT2D eigenvalue weighted by atomic mass is 9.69. The van der Waals surface area contributed by atoms with Crippen LogP contribution in [-0.2, 0) is 6.42 Å². The fourth-order valence-corrected chi connectivity index (χ4v) is 4.46. The van der Waals surface area contributed by atoms with Crippen molar-refractivity contribution in [2.75, 3.05) is 13.1 Å². The number of rotatable bonds is 1. The molecule has 4 rings (SSSR count). The molecule has 108 valence electrons. The molecule has 0 spiro atoms. The highest BCUT2D eigenvalue weighted by Gasteiger charge is 2.47. The molecule has 2 aromatic rings. The van der Waals surface area contributed by atoms with Crippen LogP contribution in [0.15, 0.2) is 24.3 Å².